The van der Waals surface area contributed by atoms with Crippen LogP contribution in [0.3, 0.4) is 0 Å². The van der Waals surface area contributed by atoms with Gasteiger partial charge in [0.25, 0.3) is 0 Å². The van der Waals surface area contributed by atoms with Gasteiger partial charge in [0.2, 0.25) is 5.95 Å². The van der Waals surface area contributed by atoms with Crippen LogP contribution in [0.1, 0.15) is 20.3 Å². The smallest absolute Gasteiger partial charge is 0.225 e. The summed E-state index contributed by atoms with van der Waals surface area (Å²) in [5, 5.41) is 6.70. The van der Waals surface area contributed by atoms with E-state index >= 15 is 0 Å². The fourth-order valence-electron chi connectivity index (χ4n) is 2.70. The molecule has 0 saturated carbocycles. The normalized spacial score (nSPS) is 11.6. The molecule has 1 heterocycles. The highest BCUT2D eigenvalue weighted by Crippen LogP contribution is 2.32. The minimum atomic E-state index is 0.269. The summed E-state index contributed by atoms with van der Waals surface area (Å²) < 4.78 is 10.8. The lowest BCUT2D eigenvalue weighted by Crippen LogP contribution is -2.16. The molecule has 0 spiro atoms. The Labute approximate surface area is 166 Å². The number of benzene rings is 2. The van der Waals surface area contributed by atoms with Gasteiger partial charge in [0.15, 0.2) is 0 Å². The van der Waals surface area contributed by atoms with E-state index in [-0.39, 0.29) is 6.04 Å². The van der Waals surface area contributed by atoms with E-state index in [1.165, 1.54) is 0 Å². The fourth-order valence-corrected chi connectivity index (χ4v) is 2.70. The Kier molecular flexibility index (Phi) is 6.32. The van der Waals surface area contributed by atoms with Crippen LogP contribution in [0.5, 0.6) is 11.5 Å². The second-order valence-electron chi connectivity index (χ2n) is 6.47. The van der Waals surface area contributed by atoms with Gasteiger partial charge in [-0.3, -0.25) is 0 Å². The van der Waals surface area contributed by atoms with Gasteiger partial charge in [-0.15, -0.1) is 0 Å². The van der Waals surface area contributed by atoms with Gasteiger partial charge in [0, 0.05) is 23.7 Å². The molecule has 0 bridgehead atoms. The van der Waals surface area contributed by atoms with Crippen molar-refractivity contribution < 1.29 is 9.47 Å². The van der Waals surface area contributed by atoms with Crippen LogP contribution < -0.4 is 20.1 Å². The summed E-state index contributed by atoms with van der Waals surface area (Å²) in [5.74, 6) is 2.70. The molecule has 0 amide bonds. The Bertz CT molecular complexity index is 916. The van der Waals surface area contributed by atoms with Crippen LogP contribution >= 0.6 is 0 Å². The van der Waals surface area contributed by atoms with E-state index in [2.05, 4.69) is 29.5 Å². The van der Waals surface area contributed by atoms with Gasteiger partial charge >= 0.3 is 0 Å². The molecule has 28 heavy (non-hydrogen) atoms. The summed E-state index contributed by atoms with van der Waals surface area (Å²) >= 11 is 0. The lowest BCUT2D eigenvalue weighted by Gasteiger charge is -2.16. The lowest BCUT2D eigenvalue weighted by atomic mass is 10.1. The average Bonchev–Trinajstić information content (AvgIpc) is 2.74. The summed E-state index contributed by atoms with van der Waals surface area (Å²) in [7, 11) is 3.27. The molecule has 3 rings (SSSR count). The van der Waals surface area contributed by atoms with E-state index in [1.807, 2.05) is 54.6 Å². The first-order valence-corrected chi connectivity index (χ1v) is 9.33. The van der Waals surface area contributed by atoms with Crippen molar-refractivity contribution >= 4 is 17.5 Å². The Morgan fingerprint density at radius 3 is 2.43 bits per heavy atom. The molecular weight excluding hydrogens is 352 g/mol. The maximum atomic E-state index is 5.47. The molecule has 2 N–H and O–H groups in total. The highest BCUT2D eigenvalue weighted by molar-refractivity contribution is 5.71. The summed E-state index contributed by atoms with van der Waals surface area (Å²) in [5.41, 5.74) is 2.64. The highest BCUT2D eigenvalue weighted by Gasteiger charge is 2.11. The van der Waals surface area contributed by atoms with Gasteiger partial charge < -0.3 is 20.1 Å². The van der Waals surface area contributed by atoms with Crippen molar-refractivity contribution in [1.82, 2.24) is 9.97 Å². The second kappa shape index (κ2) is 9.08. The number of methoxy groups -OCH3 is 2. The van der Waals surface area contributed by atoms with Gasteiger partial charge in [0.1, 0.15) is 17.3 Å². The van der Waals surface area contributed by atoms with Crippen molar-refractivity contribution in [2.24, 2.45) is 0 Å². The lowest BCUT2D eigenvalue weighted by molar-refractivity contribution is 0.405. The first-order chi connectivity index (χ1) is 13.6. The standard InChI is InChI=1S/C22H26N4O2/c1-5-15(2)23-22-25-18(16-9-7-6-8-10-16)14-21(26-22)24-19-13-17(27-3)11-12-20(19)28-4/h6-15H,5H2,1-4H3,(H2,23,24,25,26). The van der Waals surface area contributed by atoms with E-state index in [1.54, 1.807) is 14.2 Å². The van der Waals surface area contributed by atoms with Gasteiger partial charge in [-0.2, -0.15) is 4.98 Å². The summed E-state index contributed by atoms with van der Waals surface area (Å²) in [4.78, 5) is 9.33. The van der Waals surface area contributed by atoms with Crippen molar-refractivity contribution in [3.63, 3.8) is 0 Å². The number of hydrogen-bond acceptors (Lipinski definition) is 6. The number of ether oxygens (including phenoxy) is 2. The summed E-state index contributed by atoms with van der Waals surface area (Å²) in [6, 6.07) is 17.8. The zero-order chi connectivity index (χ0) is 19.9. The van der Waals surface area contributed by atoms with Gasteiger partial charge in [-0.1, -0.05) is 37.3 Å². The first kappa shape index (κ1) is 19.5. The fraction of sp³-hybridized carbons (Fsp3) is 0.273. The second-order valence-corrected chi connectivity index (χ2v) is 6.47. The maximum Gasteiger partial charge on any atom is 0.225 e. The molecule has 0 fully saturated rings. The van der Waals surface area contributed by atoms with Crippen LogP contribution in [0.15, 0.2) is 54.6 Å². The van der Waals surface area contributed by atoms with Crippen LogP contribution in [-0.4, -0.2) is 30.2 Å². The predicted octanol–water partition coefficient (Wildman–Crippen LogP) is 5.11. The van der Waals surface area contributed by atoms with E-state index in [9.17, 15) is 0 Å². The molecule has 0 aliphatic rings. The third kappa shape index (κ3) is 4.71. The Hall–Kier alpha value is -3.28. The van der Waals surface area contributed by atoms with Crippen molar-refractivity contribution in [1.29, 1.82) is 0 Å². The SMILES string of the molecule is CCC(C)Nc1nc(Nc2cc(OC)ccc2OC)cc(-c2ccccc2)n1. The van der Waals surface area contributed by atoms with Gasteiger partial charge in [-0.25, -0.2) is 4.98 Å². The highest BCUT2D eigenvalue weighted by atomic mass is 16.5. The molecule has 0 aliphatic carbocycles. The molecule has 146 valence electrons. The van der Waals surface area contributed by atoms with Crippen LogP contribution in [0.25, 0.3) is 11.3 Å². The number of rotatable bonds is 8. The predicted molar refractivity (Wildman–Crippen MR) is 114 cm³/mol. The van der Waals surface area contributed by atoms with Crippen LogP contribution in [0.2, 0.25) is 0 Å². The zero-order valence-corrected chi connectivity index (χ0v) is 16.7. The zero-order valence-electron chi connectivity index (χ0n) is 16.7. The molecule has 6 nitrogen and oxygen atoms in total. The number of nitrogens with one attached hydrogen (secondary N) is 2. The van der Waals surface area contributed by atoms with E-state index in [4.69, 9.17) is 14.5 Å². The van der Waals surface area contributed by atoms with Gasteiger partial charge in [-0.05, 0) is 25.5 Å². The summed E-state index contributed by atoms with van der Waals surface area (Å²) in [6.07, 6.45) is 0.978. The Morgan fingerprint density at radius 2 is 1.75 bits per heavy atom. The quantitative estimate of drug-likeness (QED) is 0.567. The summed E-state index contributed by atoms with van der Waals surface area (Å²) in [6.45, 7) is 4.23. The van der Waals surface area contributed by atoms with E-state index in [0.717, 1.165) is 29.1 Å². The van der Waals surface area contributed by atoms with Crippen LogP contribution in [0.4, 0.5) is 17.5 Å². The number of hydrogen-bond donors (Lipinski definition) is 2. The molecule has 1 aromatic heterocycles. The minimum absolute atomic E-state index is 0.269. The number of anilines is 3. The maximum absolute atomic E-state index is 5.47. The first-order valence-electron chi connectivity index (χ1n) is 9.33. The third-order valence-corrected chi connectivity index (χ3v) is 4.45. The molecule has 1 atom stereocenters. The van der Waals surface area contributed by atoms with Crippen LogP contribution in [-0.2, 0) is 0 Å². The number of nitrogens with zero attached hydrogens (tertiary/aromatic N) is 2. The largest absolute Gasteiger partial charge is 0.497 e. The number of aromatic nitrogens is 2. The van der Waals surface area contributed by atoms with Crippen molar-refractivity contribution in [3.8, 4) is 22.8 Å². The van der Waals surface area contributed by atoms with E-state index < -0.39 is 0 Å². The van der Waals surface area contributed by atoms with Crippen molar-refractivity contribution in [2.45, 2.75) is 26.3 Å². The molecule has 0 saturated heterocycles. The molecule has 0 aliphatic heterocycles. The van der Waals surface area contributed by atoms with E-state index in [0.29, 0.717) is 17.5 Å². The minimum Gasteiger partial charge on any atom is -0.497 e. The topological polar surface area (TPSA) is 68.3 Å². The molecule has 3 aromatic rings. The molecular formula is C22H26N4O2. The van der Waals surface area contributed by atoms with Crippen molar-refractivity contribution in [2.75, 3.05) is 24.9 Å². The Morgan fingerprint density at radius 1 is 0.964 bits per heavy atom. The molecule has 0 radical (unpaired) electrons. The monoisotopic (exact) mass is 378 g/mol. The van der Waals surface area contributed by atoms with Crippen LogP contribution in [0, 0.1) is 0 Å². The average molecular weight is 378 g/mol. The Balaban J connectivity index is 2.01. The molecule has 6 heteroatoms. The molecule has 1 unspecified atom stereocenters. The van der Waals surface area contributed by atoms with Crippen molar-refractivity contribution in [3.05, 3.63) is 54.6 Å². The van der Waals surface area contributed by atoms with Gasteiger partial charge in [0.05, 0.1) is 25.6 Å². The molecule has 2 aromatic carbocycles. The third-order valence-electron chi connectivity index (χ3n) is 4.45.